The van der Waals surface area contributed by atoms with Crippen molar-refractivity contribution in [2.24, 2.45) is 0 Å². The molecule has 0 saturated heterocycles. The predicted octanol–water partition coefficient (Wildman–Crippen LogP) is 3.06. The summed E-state index contributed by atoms with van der Waals surface area (Å²) in [4.78, 5) is 7.23. The molecule has 0 spiro atoms. The molecule has 1 N–H and O–H groups in total. The Labute approximate surface area is 117 Å². The van der Waals surface area contributed by atoms with Crippen molar-refractivity contribution in [3.63, 3.8) is 0 Å². The Morgan fingerprint density at radius 3 is 2.42 bits per heavy atom. The summed E-state index contributed by atoms with van der Waals surface area (Å²) in [5, 5.41) is 13.5. The van der Waals surface area contributed by atoms with Crippen LogP contribution in [0.2, 0.25) is 14.8 Å². The molecule has 2 aromatic carbocycles. The van der Waals surface area contributed by atoms with Gasteiger partial charge in [-0.15, -0.1) is 0 Å². The molecule has 3 rings (SSSR count). The van der Waals surface area contributed by atoms with Crippen LogP contribution in [0.25, 0.3) is 21.7 Å². The first-order chi connectivity index (χ1) is 8.97. The zero-order valence-corrected chi connectivity index (χ0v) is 14.4. The number of hydrogen-bond donors (Lipinski definition) is 1. The molecule has 1 aromatic heterocycles. The molecular weight excluding hydrogens is 341 g/mol. The predicted molar refractivity (Wildman–Crippen MR) is 81.8 cm³/mol. The number of rotatable bonds is 1. The number of nitrogens with zero attached hydrogens (tertiary/aromatic N) is 1. The van der Waals surface area contributed by atoms with E-state index in [1.807, 2.05) is 18.2 Å². The average molecular weight is 359 g/mol. The van der Waals surface area contributed by atoms with Crippen molar-refractivity contribution in [3.8, 4) is 0 Å². The summed E-state index contributed by atoms with van der Waals surface area (Å²) in [6, 6.07) is 14.7. The quantitative estimate of drug-likeness (QED) is 0.307. The fraction of sp³-hybridized carbons (Fsp3) is 0.188. The van der Waals surface area contributed by atoms with Gasteiger partial charge in [0, 0.05) is 0 Å². The molecular formula is C16H18NOSn+. The minimum atomic E-state index is -2.09. The van der Waals surface area contributed by atoms with Gasteiger partial charge in [0.05, 0.1) is 0 Å². The topological polar surface area (TPSA) is 24.1 Å². The second-order valence-electron chi connectivity index (χ2n) is 6.04. The van der Waals surface area contributed by atoms with Crippen molar-refractivity contribution in [2.45, 2.75) is 14.8 Å². The number of fused-ring (bicyclic) bond motifs is 3. The summed E-state index contributed by atoms with van der Waals surface area (Å²) < 4.78 is 2.72. The van der Waals surface area contributed by atoms with Crippen LogP contribution in [0.4, 0.5) is 0 Å². The molecule has 3 aromatic rings. The van der Waals surface area contributed by atoms with Gasteiger partial charge in [-0.1, -0.05) is 0 Å². The second kappa shape index (κ2) is 4.37. The first-order valence-electron chi connectivity index (χ1n) is 6.54. The molecule has 3 heteroatoms. The minimum absolute atomic E-state index is 0.873. The second-order valence-corrected chi connectivity index (χ2v) is 20.5. The van der Waals surface area contributed by atoms with Crippen molar-refractivity contribution in [1.82, 2.24) is 0 Å². The van der Waals surface area contributed by atoms with Gasteiger partial charge in [0.25, 0.3) is 0 Å². The maximum atomic E-state index is 10.1. The zero-order valence-electron chi connectivity index (χ0n) is 11.5. The third-order valence-corrected chi connectivity index (χ3v) is 9.45. The van der Waals surface area contributed by atoms with Gasteiger partial charge in [0.1, 0.15) is 0 Å². The molecule has 0 aliphatic heterocycles. The van der Waals surface area contributed by atoms with Gasteiger partial charge in [-0.25, -0.2) is 0 Å². The van der Waals surface area contributed by atoms with Gasteiger partial charge in [0.2, 0.25) is 0 Å². The molecule has 1 heterocycles. The Morgan fingerprint density at radius 1 is 0.947 bits per heavy atom. The Kier molecular flexibility index (Phi) is 2.93. The number of aromatic nitrogens is 1. The van der Waals surface area contributed by atoms with Crippen LogP contribution in [-0.2, 0) is 0 Å². The van der Waals surface area contributed by atoms with E-state index in [1.165, 1.54) is 13.7 Å². The molecule has 0 radical (unpaired) electrons. The van der Waals surface area contributed by atoms with Crippen LogP contribution in [-0.4, -0.2) is 23.6 Å². The molecule has 0 aliphatic carbocycles. The normalized spacial score (nSPS) is 12.2. The standard InChI is InChI=1S/C13H9NO.3CH3.Sn/c15-14-9-10-5-1-2-6-11(10)12-7-3-4-8-13(12)14;;;;/h1-2,4-9,15H;3*1H3;/q+1;;;;. The molecule has 0 saturated carbocycles. The zero-order chi connectivity index (χ0) is 13.6. The fourth-order valence-corrected chi connectivity index (χ4v) is 5.79. The summed E-state index contributed by atoms with van der Waals surface area (Å²) in [5.74, 6) is 0. The van der Waals surface area contributed by atoms with Crippen molar-refractivity contribution >= 4 is 43.6 Å². The van der Waals surface area contributed by atoms with Crippen LogP contribution in [0.3, 0.4) is 0 Å². The molecule has 2 nitrogen and oxygen atoms in total. The monoisotopic (exact) mass is 360 g/mol. The van der Waals surface area contributed by atoms with E-state index in [1.54, 1.807) is 6.20 Å². The molecule has 0 atom stereocenters. The van der Waals surface area contributed by atoms with Gasteiger partial charge in [-0.3, -0.25) is 0 Å². The van der Waals surface area contributed by atoms with E-state index in [-0.39, 0.29) is 0 Å². The van der Waals surface area contributed by atoms with Crippen molar-refractivity contribution in [1.29, 1.82) is 0 Å². The fourth-order valence-electron chi connectivity index (χ4n) is 2.47. The Hall–Kier alpha value is -1.29. The molecule has 0 bridgehead atoms. The van der Waals surface area contributed by atoms with Gasteiger partial charge >= 0.3 is 117 Å². The summed E-state index contributed by atoms with van der Waals surface area (Å²) in [5.41, 5.74) is 0.873. The third kappa shape index (κ3) is 2.18. The average Bonchev–Trinajstić information content (AvgIpc) is 2.37. The molecule has 96 valence electrons. The Balaban J connectivity index is 2.46. The summed E-state index contributed by atoms with van der Waals surface area (Å²) in [6.45, 7) is 0. The maximum absolute atomic E-state index is 10.1. The van der Waals surface area contributed by atoms with E-state index in [2.05, 4.69) is 39.1 Å². The number of benzene rings is 2. The van der Waals surface area contributed by atoms with Gasteiger partial charge in [-0.05, 0) is 0 Å². The van der Waals surface area contributed by atoms with E-state index < -0.39 is 18.4 Å². The Morgan fingerprint density at radius 2 is 1.68 bits per heavy atom. The van der Waals surface area contributed by atoms with Crippen LogP contribution in [0.1, 0.15) is 0 Å². The van der Waals surface area contributed by atoms with Gasteiger partial charge in [-0.2, -0.15) is 0 Å². The van der Waals surface area contributed by atoms with E-state index >= 15 is 0 Å². The van der Waals surface area contributed by atoms with E-state index in [0.29, 0.717) is 0 Å². The van der Waals surface area contributed by atoms with Gasteiger partial charge in [0.15, 0.2) is 0 Å². The van der Waals surface area contributed by atoms with E-state index in [9.17, 15) is 5.21 Å². The van der Waals surface area contributed by atoms with Crippen LogP contribution >= 0.6 is 0 Å². The first-order valence-corrected chi connectivity index (χ1v) is 16.5. The third-order valence-electron chi connectivity index (χ3n) is 3.62. The number of pyridine rings is 1. The molecule has 0 aliphatic rings. The summed E-state index contributed by atoms with van der Waals surface area (Å²) >= 11 is -2.09. The van der Waals surface area contributed by atoms with Gasteiger partial charge < -0.3 is 0 Å². The van der Waals surface area contributed by atoms with Crippen molar-refractivity contribution in [2.75, 3.05) is 0 Å². The van der Waals surface area contributed by atoms with Crippen LogP contribution in [0.5, 0.6) is 0 Å². The van der Waals surface area contributed by atoms with Crippen LogP contribution in [0.15, 0.2) is 48.7 Å². The summed E-state index contributed by atoms with van der Waals surface area (Å²) in [7, 11) is 0. The first kappa shape index (κ1) is 12.7. The molecule has 0 unspecified atom stereocenters. The molecule has 19 heavy (non-hydrogen) atoms. The van der Waals surface area contributed by atoms with E-state index in [4.69, 9.17) is 0 Å². The number of hydrogen-bond acceptors (Lipinski definition) is 1. The van der Waals surface area contributed by atoms with Crippen molar-refractivity contribution in [3.05, 3.63) is 48.7 Å². The molecule has 0 amide bonds. The van der Waals surface area contributed by atoms with E-state index in [0.717, 1.165) is 16.3 Å². The SMILES string of the molecule is [CH3][Sn]([CH3])([CH3])[c]1ccc2c(c1)c1ccccc1c[n+]2O. The molecule has 0 fully saturated rings. The Bertz CT molecular complexity index is 775. The summed E-state index contributed by atoms with van der Waals surface area (Å²) in [6.07, 6.45) is 1.78. The van der Waals surface area contributed by atoms with Crippen molar-refractivity contribution < 1.29 is 9.94 Å². The van der Waals surface area contributed by atoms with Crippen LogP contribution in [0, 0.1) is 0 Å². The van der Waals surface area contributed by atoms with Crippen LogP contribution < -0.4 is 8.31 Å².